The van der Waals surface area contributed by atoms with Gasteiger partial charge in [0.15, 0.2) is 0 Å². The van der Waals surface area contributed by atoms with Crippen LogP contribution in [0.1, 0.15) is 38.4 Å². The topological polar surface area (TPSA) is 62.1 Å². The largest absolute Gasteiger partial charge is 0.387 e. The minimum absolute atomic E-state index is 0. The van der Waals surface area contributed by atoms with Gasteiger partial charge in [-0.3, -0.25) is 0 Å². The Labute approximate surface area is 139 Å². The number of nitrogens with zero attached hydrogens (tertiary/aromatic N) is 2. The highest BCUT2D eigenvalue weighted by Gasteiger charge is 2.30. The number of aliphatic hydroxyl groups is 1. The SMILES string of the molecule is CC(C)c1nccn1CCCNCC1(O)CCNC1.Cl.Cl. The van der Waals surface area contributed by atoms with Crippen LogP contribution >= 0.6 is 24.8 Å². The zero-order valence-electron chi connectivity index (χ0n) is 12.8. The second-order valence-electron chi connectivity index (χ2n) is 5.81. The first-order valence-electron chi connectivity index (χ1n) is 7.26. The van der Waals surface area contributed by atoms with E-state index in [9.17, 15) is 5.11 Å². The lowest BCUT2D eigenvalue weighted by Gasteiger charge is -2.21. The van der Waals surface area contributed by atoms with Crippen LogP contribution in [-0.2, 0) is 6.54 Å². The van der Waals surface area contributed by atoms with Crippen molar-refractivity contribution in [3.8, 4) is 0 Å². The first kappa shape index (κ1) is 20.7. The molecule has 2 rings (SSSR count). The van der Waals surface area contributed by atoms with Gasteiger partial charge in [0.25, 0.3) is 0 Å². The van der Waals surface area contributed by atoms with Crippen molar-refractivity contribution >= 4 is 24.8 Å². The van der Waals surface area contributed by atoms with Crippen LogP contribution in [0, 0.1) is 0 Å². The Morgan fingerprint density at radius 3 is 2.86 bits per heavy atom. The van der Waals surface area contributed by atoms with E-state index in [2.05, 4.69) is 34.0 Å². The van der Waals surface area contributed by atoms with E-state index in [1.54, 1.807) is 0 Å². The minimum Gasteiger partial charge on any atom is -0.387 e. The monoisotopic (exact) mass is 338 g/mol. The lowest BCUT2D eigenvalue weighted by atomic mass is 10.0. The molecule has 1 aliphatic heterocycles. The molecular formula is C14H28Cl2N4O. The van der Waals surface area contributed by atoms with E-state index in [1.807, 2.05) is 12.4 Å². The fourth-order valence-corrected chi connectivity index (χ4v) is 2.59. The molecule has 0 bridgehead atoms. The molecule has 1 atom stereocenters. The molecule has 124 valence electrons. The number of hydrogen-bond donors (Lipinski definition) is 3. The highest BCUT2D eigenvalue weighted by atomic mass is 35.5. The van der Waals surface area contributed by atoms with Gasteiger partial charge >= 0.3 is 0 Å². The fourth-order valence-electron chi connectivity index (χ4n) is 2.59. The summed E-state index contributed by atoms with van der Waals surface area (Å²) in [6, 6.07) is 0. The van der Waals surface area contributed by atoms with Crippen molar-refractivity contribution in [1.29, 1.82) is 0 Å². The maximum Gasteiger partial charge on any atom is 0.111 e. The first-order chi connectivity index (χ1) is 9.11. The predicted molar refractivity (Wildman–Crippen MR) is 90.7 cm³/mol. The Kier molecular flexibility index (Phi) is 9.49. The predicted octanol–water partition coefficient (Wildman–Crippen LogP) is 1.55. The average Bonchev–Trinajstić information content (AvgIpc) is 2.98. The Balaban J connectivity index is 0.00000200. The zero-order valence-corrected chi connectivity index (χ0v) is 14.5. The second-order valence-corrected chi connectivity index (χ2v) is 5.81. The molecule has 1 aliphatic rings. The quantitative estimate of drug-likeness (QED) is 0.660. The van der Waals surface area contributed by atoms with E-state index < -0.39 is 5.60 Å². The van der Waals surface area contributed by atoms with Gasteiger partial charge in [-0.05, 0) is 25.9 Å². The number of halogens is 2. The highest BCUT2D eigenvalue weighted by molar-refractivity contribution is 5.85. The van der Waals surface area contributed by atoms with Gasteiger partial charge in [-0.2, -0.15) is 0 Å². The smallest absolute Gasteiger partial charge is 0.111 e. The highest BCUT2D eigenvalue weighted by Crippen LogP contribution is 2.13. The van der Waals surface area contributed by atoms with Crippen molar-refractivity contribution < 1.29 is 5.11 Å². The number of nitrogens with one attached hydrogen (secondary N) is 2. The molecule has 2 heterocycles. The molecular weight excluding hydrogens is 311 g/mol. The average molecular weight is 339 g/mol. The number of aromatic nitrogens is 2. The second kappa shape index (κ2) is 9.64. The molecule has 1 fully saturated rings. The summed E-state index contributed by atoms with van der Waals surface area (Å²) in [6.45, 7) is 8.56. The summed E-state index contributed by atoms with van der Waals surface area (Å²) in [5.41, 5.74) is -0.544. The van der Waals surface area contributed by atoms with Gasteiger partial charge in [0.2, 0.25) is 0 Å². The van der Waals surface area contributed by atoms with Crippen molar-refractivity contribution in [3.63, 3.8) is 0 Å². The van der Waals surface area contributed by atoms with Gasteiger partial charge in [-0.25, -0.2) is 4.98 Å². The zero-order chi connectivity index (χ0) is 13.7. The lowest BCUT2D eigenvalue weighted by Crippen LogP contribution is -2.42. The van der Waals surface area contributed by atoms with Crippen LogP contribution in [0.4, 0.5) is 0 Å². The number of hydrogen-bond acceptors (Lipinski definition) is 4. The molecule has 1 aromatic rings. The van der Waals surface area contributed by atoms with E-state index in [-0.39, 0.29) is 24.8 Å². The molecule has 21 heavy (non-hydrogen) atoms. The molecule has 5 nitrogen and oxygen atoms in total. The van der Waals surface area contributed by atoms with Crippen LogP contribution in [0.5, 0.6) is 0 Å². The van der Waals surface area contributed by atoms with Gasteiger partial charge in [-0.1, -0.05) is 13.8 Å². The van der Waals surface area contributed by atoms with Crippen LogP contribution in [-0.4, -0.2) is 46.4 Å². The third-order valence-corrected chi connectivity index (χ3v) is 3.69. The molecule has 0 spiro atoms. The maximum absolute atomic E-state index is 10.2. The summed E-state index contributed by atoms with van der Waals surface area (Å²) >= 11 is 0. The molecule has 0 saturated carbocycles. The molecule has 7 heteroatoms. The van der Waals surface area contributed by atoms with Gasteiger partial charge in [0.05, 0.1) is 5.60 Å². The number of aryl methyl sites for hydroxylation is 1. The summed E-state index contributed by atoms with van der Waals surface area (Å²) < 4.78 is 2.22. The Morgan fingerprint density at radius 1 is 1.48 bits per heavy atom. The summed E-state index contributed by atoms with van der Waals surface area (Å²) in [6.07, 6.45) is 5.82. The van der Waals surface area contributed by atoms with Crippen molar-refractivity contribution in [2.75, 3.05) is 26.2 Å². The fraction of sp³-hybridized carbons (Fsp3) is 0.786. The Bertz CT molecular complexity index is 392. The van der Waals surface area contributed by atoms with Gasteiger partial charge in [0.1, 0.15) is 5.82 Å². The molecule has 0 amide bonds. The summed E-state index contributed by atoms with van der Waals surface area (Å²) in [5, 5.41) is 16.7. The van der Waals surface area contributed by atoms with E-state index in [1.165, 1.54) is 0 Å². The van der Waals surface area contributed by atoms with Crippen molar-refractivity contribution in [3.05, 3.63) is 18.2 Å². The lowest BCUT2D eigenvalue weighted by molar-refractivity contribution is 0.0612. The molecule has 3 N–H and O–H groups in total. The van der Waals surface area contributed by atoms with Gasteiger partial charge in [0, 0.05) is 37.9 Å². The number of β-amino-alcohol motifs (C(OH)–C–C–N with tert-alkyl or cyclic N) is 1. The van der Waals surface area contributed by atoms with Crippen LogP contribution in [0.2, 0.25) is 0 Å². The number of rotatable bonds is 7. The molecule has 0 aromatic carbocycles. The minimum atomic E-state index is -0.544. The van der Waals surface area contributed by atoms with Gasteiger partial charge < -0.3 is 20.3 Å². The normalized spacial score (nSPS) is 21.1. The Hall–Kier alpha value is -0.330. The molecule has 1 aromatic heterocycles. The van der Waals surface area contributed by atoms with Crippen molar-refractivity contribution in [2.45, 2.75) is 44.8 Å². The molecule has 1 unspecified atom stereocenters. The molecule has 0 aliphatic carbocycles. The van der Waals surface area contributed by atoms with Gasteiger partial charge in [-0.15, -0.1) is 24.8 Å². The van der Waals surface area contributed by atoms with Crippen LogP contribution in [0.25, 0.3) is 0 Å². The van der Waals surface area contributed by atoms with E-state index >= 15 is 0 Å². The van der Waals surface area contributed by atoms with E-state index in [0.717, 1.165) is 38.3 Å². The third kappa shape index (κ3) is 6.12. The van der Waals surface area contributed by atoms with E-state index in [0.29, 0.717) is 19.0 Å². The number of imidazole rings is 1. The van der Waals surface area contributed by atoms with Crippen LogP contribution < -0.4 is 10.6 Å². The summed E-state index contributed by atoms with van der Waals surface area (Å²) in [7, 11) is 0. The van der Waals surface area contributed by atoms with Crippen LogP contribution in [0.3, 0.4) is 0 Å². The maximum atomic E-state index is 10.2. The Morgan fingerprint density at radius 2 is 2.24 bits per heavy atom. The first-order valence-corrected chi connectivity index (χ1v) is 7.26. The summed E-state index contributed by atoms with van der Waals surface area (Å²) in [4.78, 5) is 4.38. The third-order valence-electron chi connectivity index (χ3n) is 3.69. The molecule has 0 radical (unpaired) electrons. The van der Waals surface area contributed by atoms with Crippen molar-refractivity contribution in [1.82, 2.24) is 20.2 Å². The van der Waals surface area contributed by atoms with Crippen LogP contribution in [0.15, 0.2) is 12.4 Å². The van der Waals surface area contributed by atoms with Crippen molar-refractivity contribution in [2.24, 2.45) is 0 Å². The standard InChI is InChI=1S/C14H26N4O.2ClH/c1-12(2)13-17-7-9-18(13)8-3-5-15-10-14(19)4-6-16-11-14;;/h7,9,12,15-16,19H,3-6,8,10-11H2,1-2H3;2*1H. The van der Waals surface area contributed by atoms with E-state index in [4.69, 9.17) is 0 Å². The summed E-state index contributed by atoms with van der Waals surface area (Å²) in [5.74, 6) is 1.62. The molecule has 1 saturated heterocycles.